The van der Waals surface area contributed by atoms with Crippen LogP contribution in [-0.2, 0) is 4.74 Å². The predicted molar refractivity (Wildman–Crippen MR) is 55.5 cm³/mol. The molecule has 0 aromatic heterocycles. The molecule has 0 aromatic rings. The smallest absolute Gasteiger partial charge is 0.224 e. The van der Waals surface area contributed by atoms with Gasteiger partial charge in [0.05, 0.1) is 20.6 Å². The molecule has 1 aliphatic heterocycles. The summed E-state index contributed by atoms with van der Waals surface area (Å²) in [7, 11) is 4.55. The van der Waals surface area contributed by atoms with Gasteiger partial charge in [0.25, 0.3) is 0 Å². The second-order valence-corrected chi connectivity index (χ2v) is 4.93. The molecule has 0 radical (unpaired) electrons. The van der Waals surface area contributed by atoms with Gasteiger partial charge in [-0.05, 0) is 12.8 Å². The maximum atomic E-state index is 5.49. The van der Waals surface area contributed by atoms with Crippen LogP contribution in [0, 0.1) is 0 Å². The first-order valence-corrected chi connectivity index (χ1v) is 5.49. The van der Waals surface area contributed by atoms with Crippen molar-refractivity contribution in [2.45, 2.75) is 45.3 Å². The van der Waals surface area contributed by atoms with Crippen molar-refractivity contribution in [3.63, 3.8) is 0 Å². The van der Waals surface area contributed by atoms with Crippen LogP contribution in [-0.4, -0.2) is 37.5 Å². The molecule has 13 heavy (non-hydrogen) atoms. The molecule has 1 fully saturated rings. The van der Waals surface area contributed by atoms with Crippen molar-refractivity contribution in [1.29, 1.82) is 0 Å². The van der Waals surface area contributed by atoms with Gasteiger partial charge >= 0.3 is 0 Å². The average Bonchev–Trinajstić information content (AvgIpc) is 2.79. The fourth-order valence-electron chi connectivity index (χ4n) is 1.62. The van der Waals surface area contributed by atoms with E-state index in [1.807, 2.05) is 0 Å². The summed E-state index contributed by atoms with van der Waals surface area (Å²) in [5.41, 5.74) is 0.131. The van der Waals surface area contributed by atoms with Gasteiger partial charge in [-0.15, -0.1) is 0 Å². The molecule has 78 valence electrons. The molecule has 1 saturated heterocycles. The molecule has 0 bridgehead atoms. The van der Waals surface area contributed by atoms with Gasteiger partial charge in [0.1, 0.15) is 6.61 Å². The van der Waals surface area contributed by atoms with Crippen molar-refractivity contribution in [1.82, 2.24) is 0 Å². The van der Waals surface area contributed by atoms with Crippen molar-refractivity contribution >= 4 is 0 Å². The summed E-state index contributed by atoms with van der Waals surface area (Å²) in [6.07, 6.45) is 5.40. The van der Waals surface area contributed by atoms with Gasteiger partial charge in [-0.3, -0.25) is 4.48 Å². The number of hydrogen-bond donors (Lipinski definition) is 0. The zero-order valence-corrected chi connectivity index (χ0v) is 9.60. The van der Waals surface area contributed by atoms with Crippen LogP contribution < -0.4 is 0 Å². The number of unbranched alkanes of at least 4 members (excludes halogenated alkanes) is 3. The molecule has 2 nitrogen and oxygen atoms in total. The summed E-state index contributed by atoms with van der Waals surface area (Å²) in [5, 5.41) is 0. The fraction of sp³-hybridized carbons (Fsp3) is 1.00. The van der Waals surface area contributed by atoms with Crippen molar-refractivity contribution in [2.75, 3.05) is 27.2 Å². The summed E-state index contributed by atoms with van der Waals surface area (Å²) in [6.45, 7) is 6.66. The van der Waals surface area contributed by atoms with E-state index in [0.29, 0.717) is 0 Å². The summed E-state index contributed by atoms with van der Waals surface area (Å²) < 4.78 is 6.51. The Morgan fingerprint density at radius 3 is 2.31 bits per heavy atom. The van der Waals surface area contributed by atoms with Crippen molar-refractivity contribution in [2.24, 2.45) is 0 Å². The molecule has 1 aliphatic rings. The molecule has 0 spiro atoms. The van der Waals surface area contributed by atoms with Gasteiger partial charge in [0, 0.05) is 6.92 Å². The lowest BCUT2D eigenvalue weighted by molar-refractivity contribution is -0.935. The molecule has 0 N–H and O–H groups in total. The van der Waals surface area contributed by atoms with Crippen LogP contribution >= 0.6 is 0 Å². The van der Waals surface area contributed by atoms with E-state index in [1.54, 1.807) is 0 Å². The molecule has 0 amide bonds. The lowest BCUT2D eigenvalue weighted by Crippen LogP contribution is -2.50. The summed E-state index contributed by atoms with van der Waals surface area (Å²) >= 11 is 0. The van der Waals surface area contributed by atoms with Gasteiger partial charge in [-0.2, -0.15) is 0 Å². The Balaban J connectivity index is 2.19. The summed E-state index contributed by atoms with van der Waals surface area (Å²) in [4.78, 5) is 0. The highest BCUT2D eigenvalue weighted by atomic mass is 16.6. The number of hydrogen-bond acceptors (Lipinski definition) is 1. The Kier molecular flexibility index (Phi) is 3.36. The van der Waals surface area contributed by atoms with E-state index in [1.165, 1.54) is 32.2 Å². The first-order valence-electron chi connectivity index (χ1n) is 5.49. The molecule has 0 saturated carbocycles. The number of ether oxygens (including phenoxy) is 1. The van der Waals surface area contributed by atoms with Crippen LogP contribution in [0.15, 0.2) is 0 Å². The Labute approximate surface area is 82.5 Å². The normalized spacial score (nSPS) is 27.7. The van der Waals surface area contributed by atoms with E-state index < -0.39 is 0 Å². The Morgan fingerprint density at radius 2 is 1.85 bits per heavy atom. The van der Waals surface area contributed by atoms with E-state index >= 15 is 0 Å². The van der Waals surface area contributed by atoms with Crippen molar-refractivity contribution < 1.29 is 9.22 Å². The standard InChI is InChI=1S/C11H24NO/c1-5-6-7-8-9-12(3,4)11(2)10-13-11/h5-10H2,1-4H3/q+1. The van der Waals surface area contributed by atoms with Gasteiger partial charge in [-0.25, -0.2) is 0 Å². The van der Waals surface area contributed by atoms with E-state index in [-0.39, 0.29) is 5.72 Å². The van der Waals surface area contributed by atoms with E-state index in [2.05, 4.69) is 27.9 Å². The SMILES string of the molecule is CCCCCC[N+](C)(C)C1(C)CO1. The van der Waals surface area contributed by atoms with Crippen LogP contribution in [0.5, 0.6) is 0 Å². The van der Waals surface area contributed by atoms with Crippen LogP contribution in [0.2, 0.25) is 0 Å². The number of rotatable bonds is 6. The zero-order valence-electron chi connectivity index (χ0n) is 9.60. The first kappa shape index (κ1) is 11.0. The molecule has 2 heteroatoms. The van der Waals surface area contributed by atoms with Crippen LogP contribution in [0.3, 0.4) is 0 Å². The average molecular weight is 186 g/mol. The lowest BCUT2D eigenvalue weighted by Gasteiger charge is -2.33. The van der Waals surface area contributed by atoms with E-state index in [4.69, 9.17) is 4.74 Å². The minimum absolute atomic E-state index is 0.131. The number of quaternary nitrogens is 1. The highest BCUT2D eigenvalue weighted by Gasteiger charge is 2.53. The number of epoxide rings is 1. The fourth-order valence-corrected chi connectivity index (χ4v) is 1.62. The first-order chi connectivity index (χ1) is 6.02. The second-order valence-electron chi connectivity index (χ2n) is 4.93. The highest BCUT2D eigenvalue weighted by molar-refractivity contribution is 4.75. The Bertz CT molecular complexity index is 161. The Hall–Kier alpha value is -0.0800. The molecule has 0 aromatic carbocycles. The second kappa shape index (κ2) is 3.97. The summed E-state index contributed by atoms with van der Waals surface area (Å²) in [5.74, 6) is 0. The minimum atomic E-state index is 0.131. The van der Waals surface area contributed by atoms with E-state index in [0.717, 1.165) is 11.1 Å². The third kappa shape index (κ3) is 2.68. The van der Waals surface area contributed by atoms with Gasteiger partial charge in [0.15, 0.2) is 0 Å². The third-order valence-electron chi connectivity index (χ3n) is 3.41. The highest BCUT2D eigenvalue weighted by Crippen LogP contribution is 2.34. The molecule has 0 aliphatic carbocycles. The maximum Gasteiger partial charge on any atom is 0.224 e. The topological polar surface area (TPSA) is 12.5 Å². The third-order valence-corrected chi connectivity index (χ3v) is 3.41. The molecule has 1 heterocycles. The van der Waals surface area contributed by atoms with Crippen LogP contribution in [0.4, 0.5) is 0 Å². The quantitative estimate of drug-likeness (QED) is 0.352. The van der Waals surface area contributed by atoms with Crippen molar-refractivity contribution in [3.8, 4) is 0 Å². The minimum Gasteiger partial charge on any atom is -0.316 e. The molecular weight excluding hydrogens is 162 g/mol. The van der Waals surface area contributed by atoms with Crippen LogP contribution in [0.25, 0.3) is 0 Å². The molecule has 1 unspecified atom stereocenters. The zero-order chi connectivity index (χ0) is 9.95. The number of likely N-dealkylation sites (N-methyl/N-ethyl adjacent to an activating group) is 1. The van der Waals surface area contributed by atoms with Crippen molar-refractivity contribution in [3.05, 3.63) is 0 Å². The van der Waals surface area contributed by atoms with E-state index in [9.17, 15) is 0 Å². The lowest BCUT2D eigenvalue weighted by atomic mass is 10.1. The van der Waals surface area contributed by atoms with Crippen LogP contribution in [0.1, 0.15) is 39.5 Å². The monoisotopic (exact) mass is 186 g/mol. The van der Waals surface area contributed by atoms with Gasteiger partial charge < -0.3 is 4.74 Å². The maximum absolute atomic E-state index is 5.49. The Morgan fingerprint density at radius 1 is 1.23 bits per heavy atom. The number of nitrogens with zero attached hydrogens (tertiary/aromatic N) is 1. The molecule has 1 rings (SSSR count). The molecule has 1 atom stereocenters. The molecular formula is C11H24NO+. The predicted octanol–water partition coefficient (Wildman–Crippen LogP) is 2.39. The van der Waals surface area contributed by atoms with Gasteiger partial charge in [0.2, 0.25) is 5.72 Å². The largest absolute Gasteiger partial charge is 0.316 e. The van der Waals surface area contributed by atoms with Gasteiger partial charge in [-0.1, -0.05) is 19.8 Å². The summed E-state index contributed by atoms with van der Waals surface area (Å²) in [6, 6.07) is 0.